The van der Waals surface area contributed by atoms with E-state index in [4.69, 9.17) is 17.3 Å². The van der Waals surface area contributed by atoms with E-state index in [2.05, 4.69) is 12.0 Å². The van der Waals surface area contributed by atoms with Gasteiger partial charge < -0.3 is 5.73 Å². The van der Waals surface area contributed by atoms with Crippen molar-refractivity contribution >= 4 is 17.4 Å². The van der Waals surface area contributed by atoms with Gasteiger partial charge in [-0.25, -0.2) is 4.68 Å². The lowest BCUT2D eigenvalue weighted by Crippen LogP contribution is -2.02. The summed E-state index contributed by atoms with van der Waals surface area (Å²) in [5.41, 5.74) is 8.99. The first-order valence-electron chi connectivity index (χ1n) is 6.22. The molecule has 4 heteroatoms. The van der Waals surface area contributed by atoms with Crippen LogP contribution in [0, 0.1) is 6.92 Å². The van der Waals surface area contributed by atoms with E-state index in [1.165, 1.54) is 0 Å². The molecule has 0 spiro atoms. The second kappa shape index (κ2) is 5.44. The average molecular weight is 264 g/mol. The Morgan fingerprint density at radius 3 is 2.78 bits per heavy atom. The Morgan fingerprint density at radius 1 is 1.33 bits per heavy atom. The summed E-state index contributed by atoms with van der Waals surface area (Å²) in [5, 5.41) is 5.26. The maximum atomic E-state index is 6.12. The van der Waals surface area contributed by atoms with Crippen molar-refractivity contribution in [3.8, 4) is 5.69 Å². The Bertz CT molecular complexity index is 546. The number of anilines is 1. The maximum absolute atomic E-state index is 6.12. The summed E-state index contributed by atoms with van der Waals surface area (Å²) in [6.45, 7) is 4.14. The second-order valence-electron chi connectivity index (χ2n) is 4.51. The largest absolute Gasteiger partial charge is 0.384 e. The molecule has 0 atom stereocenters. The molecule has 1 aromatic heterocycles. The summed E-state index contributed by atoms with van der Waals surface area (Å²) in [7, 11) is 0. The van der Waals surface area contributed by atoms with E-state index in [-0.39, 0.29) is 0 Å². The van der Waals surface area contributed by atoms with Crippen molar-refractivity contribution in [2.24, 2.45) is 0 Å². The molecule has 2 aromatic rings. The van der Waals surface area contributed by atoms with E-state index in [9.17, 15) is 0 Å². The van der Waals surface area contributed by atoms with Crippen LogP contribution >= 0.6 is 11.6 Å². The Morgan fingerprint density at radius 2 is 2.11 bits per heavy atom. The van der Waals surface area contributed by atoms with Gasteiger partial charge in [0.1, 0.15) is 5.82 Å². The molecule has 0 unspecified atom stereocenters. The van der Waals surface area contributed by atoms with E-state index in [1.54, 1.807) is 4.68 Å². The van der Waals surface area contributed by atoms with E-state index in [1.807, 2.05) is 31.2 Å². The lowest BCUT2D eigenvalue weighted by molar-refractivity contribution is 0.753. The summed E-state index contributed by atoms with van der Waals surface area (Å²) in [5.74, 6) is 0.654. The van der Waals surface area contributed by atoms with Gasteiger partial charge in [0.05, 0.1) is 11.4 Å². The van der Waals surface area contributed by atoms with Gasteiger partial charge in [0.2, 0.25) is 0 Å². The van der Waals surface area contributed by atoms with E-state index in [0.29, 0.717) is 5.82 Å². The Hall–Kier alpha value is -1.48. The van der Waals surface area contributed by atoms with Gasteiger partial charge in [-0.2, -0.15) is 5.10 Å². The van der Waals surface area contributed by atoms with E-state index >= 15 is 0 Å². The molecule has 2 rings (SSSR count). The smallest absolute Gasteiger partial charge is 0.127 e. The average Bonchev–Trinajstić information content (AvgIpc) is 2.71. The number of rotatable bonds is 4. The second-order valence-corrected chi connectivity index (χ2v) is 4.92. The monoisotopic (exact) mass is 263 g/mol. The molecule has 0 saturated heterocycles. The molecule has 0 fully saturated rings. The molecule has 18 heavy (non-hydrogen) atoms. The van der Waals surface area contributed by atoms with Gasteiger partial charge in [-0.3, -0.25) is 0 Å². The number of nitrogens with zero attached hydrogens (tertiary/aromatic N) is 2. The van der Waals surface area contributed by atoms with Crippen LogP contribution in [0.1, 0.15) is 31.0 Å². The summed E-state index contributed by atoms with van der Waals surface area (Å²) in [4.78, 5) is 0. The highest BCUT2D eigenvalue weighted by Crippen LogP contribution is 2.22. The van der Waals surface area contributed by atoms with Crippen molar-refractivity contribution in [2.45, 2.75) is 33.1 Å². The number of hydrogen-bond acceptors (Lipinski definition) is 2. The highest BCUT2D eigenvalue weighted by atomic mass is 35.5. The molecule has 0 aliphatic heterocycles. The van der Waals surface area contributed by atoms with Crippen LogP contribution in [-0.2, 0) is 6.42 Å². The van der Waals surface area contributed by atoms with Gasteiger partial charge in [-0.15, -0.1) is 0 Å². The minimum absolute atomic E-state index is 0.654. The molecule has 1 heterocycles. The first-order valence-corrected chi connectivity index (χ1v) is 6.60. The maximum Gasteiger partial charge on any atom is 0.127 e. The third-order valence-electron chi connectivity index (χ3n) is 2.97. The number of benzene rings is 1. The minimum atomic E-state index is 0.654. The number of aryl methyl sites for hydroxylation is 2. The van der Waals surface area contributed by atoms with Gasteiger partial charge in [0.15, 0.2) is 0 Å². The SMILES string of the molecule is CCCCc1cc(N)n(-c2ccc(C)c(Cl)c2)n1. The third-order valence-corrected chi connectivity index (χ3v) is 3.38. The lowest BCUT2D eigenvalue weighted by Gasteiger charge is -2.05. The van der Waals surface area contributed by atoms with Crippen LogP contribution in [0.4, 0.5) is 5.82 Å². The van der Waals surface area contributed by atoms with E-state index in [0.717, 1.165) is 41.2 Å². The first kappa shape index (κ1) is 13.0. The Labute approximate surface area is 113 Å². The zero-order valence-corrected chi connectivity index (χ0v) is 11.5. The fraction of sp³-hybridized carbons (Fsp3) is 0.357. The van der Waals surface area contributed by atoms with Crippen molar-refractivity contribution in [3.63, 3.8) is 0 Å². The number of hydrogen-bond donors (Lipinski definition) is 1. The standard InChI is InChI=1S/C14H18ClN3/c1-3-4-5-11-8-14(16)18(17-11)12-7-6-10(2)13(15)9-12/h6-9H,3-5,16H2,1-2H3. The van der Waals surface area contributed by atoms with Gasteiger partial charge >= 0.3 is 0 Å². The molecule has 3 nitrogen and oxygen atoms in total. The van der Waals surface area contributed by atoms with Gasteiger partial charge in [0, 0.05) is 11.1 Å². The zero-order chi connectivity index (χ0) is 13.1. The van der Waals surface area contributed by atoms with Crippen LogP contribution in [0.2, 0.25) is 5.02 Å². The van der Waals surface area contributed by atoms with Crippen molar-refractivity contribution in [2.75, 3.05) is 5.73 Å². The Balaban J connectivity index is 2.32. The predicted molar refractivity (Wildman–Crippen MR) is 76.3 cm³/mol. The van der Waals surface area contributed by atoms with Gasteiger partial charge in [0.25, 0.3) is 0 Å². The van der Waals surface area contributed by atoms with Crippen molar-refractivity contribution in [1.29, 1.82) is 0 Å². The van der Waals surface area contributed by atoms with Crippen LogP contribution < -0.4 is 5.73 Å². The summed E-state index contributed by atoms with van der Waals surface area (Å²) >= 11 is 6.12. The molecule has 1 aromatic carbocycles. The molecule has 0 bridgehead atoms. The number of nitrogen functional groups attached to an aromatic ring is 1. The van der Waals surface area contributed by atoms with E-state index < -0.39 is 0 Å². The van der Waals surface area contributed by atoms with Gasteiger partial charge in [-0.1, -0.05) is 31.0 Å². The normalized spacial score (nSPS) is 10.8. The highest BCUT2D eigenvalue weighted by Gasteiger charge is 2.07. The summed E-state index contributed by atoms with van der Waals surface area (Å²) < 4.78 is 1.75. The summed E-state index contributed by atoms with van der Waals surface area (Å²) in [6.07, 6.45) is 3.25. The first-order chi connectivity index (χ1) is 8.61. The molecule has 2 N–H and O–H groups in total. The fourth-order valence-corrected chi connectivity index (χ4v) is 2.02. The van der Waals surface area contributed by atoms with Crippen LogP contribution in [0.15, 0.2) is 24.3 Å². The number of nitrogens with two attached hydrogens (primary N) is 1. The van der Waals surface area contributed by atoms with Crippen molar-refractivity contribution in [1.82, 2.24) is 9.78 Å². The lowest BCUT2D eigenvalue weighted by atomic mass is 10.2. The fourth-order valence-electron chi connectivity index (χ4n) is 1.85. The predicted octanol–water partition coefficient (Wildman–Crippen LogP) is 3.76. The zero-order valence-electron chi connectivity index (χ0n) is 10.8. The van der Waals surface area contributed by atoms with Crippen molar-refractivity contribution < 1.29 is 0 Å². The third kappa shape index (κ3) is 2.67. The quantitative estimate of drug-likeness (QED) is 0.913. The van der Waals surface area contributed by atoms with Crippen LogP contribution in [0.5, 0.6) is 0 Å². The minimum Gasteiger partial charge on any atom is -0.384 e. The molecule has 0 aliphatic carbocycles. The van der Waals surface area contributed by atoms with Crippen LogP contribution in [-0.4, -0.2) is 9.78 Å². The molecular weight excluding hydrogens is 246 g/mol. The number of halogens is 1. The Kier molecular flexibility index (Phi) is 3.92. The molecule has 0 radical (unpaired) electrons. The summed E-state index contributed by atoms with van der Waals surface area (Å²) in [6, 6.07) is 7.78. The van der Waals surface area contributed by atoms with Crippen molar-refractivity contribution in [3.05, 3.63) is 40.5 Å². The molecule has 0 amide bonds. The molecule has 0 saturated carbocycles. The van der Waals surface area contributed by atoms with Gasteiger partial charge in [-0.05, 0) is 37.5 Å². The van der Waals surface area contributed by atoms with Crippen LogP contribution in [0.3, 0.4) is 0 Å². The molecule has 0 aliphatic rings. The van der Waals surface area contributed by atoms with Crippen LogP contribution in [0.25, 0.3) is 5.69 Å². The molecular formula is C14H18ClN3. The highest BCUT2D eigenvalue weighted by molar-refractivity contribution is 6.31. The molecule has 96 valence electrons. The number of aromatic nitrogens is 2. The number of unbranched alkanes of at least 4 members (excludes halogenated alkanes) is 1. The topological polar surface area (TPSA) is 43.8 Å².